The molecule has 1 N–H and O–H groups in total. The van der Waals surface area contributed by atoms with Crippen molar-refractivity contribution in [1.82, 2.24) is 19.9 Å². The summed E-state index contributed by atoms with van der Waals surface area (Å²) in [4.78, 5) is 21.0. The minimum Gasteiger partial charge on any atom is -0.354 e. The number of carbonyl (C=O) groups excluding carboxylic acids is 1. The van der Waals surface area contributed by atoms with Crippen LogP contribution in [0.5, 0.6) is 0 Å². The summed E-state index contributed by atoms with van der Waals surface area (Å²) in [5, 5.41) is 2.89. The summed E-state index contributed by atoms with van der Waals surface area (Å²) in [7, 11) is 0. The molecule has 1 unspecified atom stereocenters. The first kappa shape index (κ1) is 12.4. The predicted octanol–water partition coefficient (Wildman–Crippen LogP) is 1.93. The van der Waals surface area contributed by atoms with Gasteiger partial charge >= 0.3 is 0 Å². The van der Waals surface area contributed by atoms with Crippen LogP contribution in [-0.2, 0) is 10.7 Å². The van der Waals surface area contributed by atoms with Gasteiger partial charge in [-0.2, -0.15) is 0 Å². The van der Waals surface area contributed by atoms with Crippen molar-refractivity contribution >= 4 is 28.7 Å². The van der Waals surface area contributed by atoms with Crippen LogP contribution in [0.4, 0.5) is 0 Å². The number of alkyl halides is 1. The molecule has 0 bridgehead atoms. The smallest absolute Gasteiger partial charge is 0.243 e. The van der Waals surface area contributed by atoms with E-state index >= 15 is 0 Å². The molecule has 1 saturated heterocycles. The van der Waals surface area contributed by atoms with E-state index in [0.29, 0.717) is 5.82 Å². The third kappa shape index (κ3) is 2.08. The monoisotopic (exact) mass is 278 g/mol. The summed E-state index contributed by atoms with van der Waals surface area (Å²) in [6.45, 7) is 2.67. The molecule has 0 saturated carbocycles. The molecule has 0 aliphatic carbocycles. The molecule has 1 amide bonds. The Morgan fingerprint density at radius 2 is 2.32 bits per heavy atom. The largest absolute Gasteiger partial charge is 0.354 e. The fourth-order valence-electron chi connectivity index (χ4n) is 2.54. The molecule has 0 aromatic carbocycles. The van der Waals surface area contributed by atoms with Gasteiger partial charge in [-0.3, -0.25) is 9.36 Å². The fraction of sp³-hybridized carbons (Fsp3) is 0.462. The highest BCUT2D eigenvalue weighted by Gasteiger charge is 2.28. The molecule has 1 aliphatic rings. The van der Waals surface area contributed by atoms with Crippen LogP contribution >= 0.6 is 11.6 Å². The SMILES string of the molecule is Cc1ccc2nc(CCl)n(C3CCCNC3=O)c2n1. The molecule has 6 heteroatoms. The van der Waals surface area contributed by atoms with Gasteiger partial charge in [0.2, 0.25) is 5.91 Å². The lowest BCUT2D eigenvalue weighted by molar-refractivity contribution is -0.125. The first-order valence-corrected chi connectivity index (χ1v) is 6.92. The standard InChI is InChI=1S/C13H15ClN4O/c1-8-4-5-9-12(16-8)18(11(7-14)17-9)10-3-2-6-15-13(10)19/h4-5,10H,2-3,6-7H2,1H3,(H,15,19). The van der Waals surface area contributed by atoms with E-state index < -0.39 is 0 Å². The summed E-state index contributed by atoms with van der Waals surface area (Å²) >= 11 is 5.97. The number of fused-ring (bicyclic) bond motifs is 1. The lowest BCUT2D eigenvalue weighted by atomic mass is 10.1. The van der Waals surface area contributed by atoms with E-state index in [0.717, 1.165) is 36.2 Å². The zero-order valence-electron chi connectivity index (χ0n) is 10.7. The van der Waals surface area contributed by atoms with Crippen molar-refractivity contribution in [2.75, 3.05) is 6.54 Å². The number of hydrogen-bond acceptors (Lipinski definition) is 3. The number of imidazole rings is 1. The van der Waals surface area contributed by atoms with Crippen molar-refractivity contribution in [1.29, 1.82) is 0 Å². The summed E-state index contributed by atoms with van der Waals surface area (Å²) in [6.07, 6.45) is 1.76. The van der Waals surface area contributed by atoms with Gasteiger partial charge in [-0.15, -0.1) is 11.6 Å². The topological polar surface area (TPSA) is 59.8 Å². The molecule has 5 nitrogen and oxygen atoms in total. The number of piperidine rings is 1. The minimum absolute atomic E-state index is 0.0280. The zero-order chi connectivity index (χ0) is 13.4. The van der Waals surface area contributed by atoms with Crippen LogP contribution < -0.4 is 5.32 Å². The number of aromatic nitrogens is 3. The minimum atomic E-state index is -0.248. The second-order valence-corrected chi connectivity index (χ2v) is 5.04. The van der Waals surface area contributed by atoms with Crippen LogP contribution in [-0.4, -0.2) is 27.0 Å². The molecular formula is C13H15ClN4O. The average molecular weight is 279 g/mol. The highest BCUT2D eigenvalue weighted by Crippen LogP contribution is 2.26. The maximum absolute atomic E-state index is 12.1. The fourth-order valence-corrected chi connectivity index (χ4v) is 2.73. The summed E-state index contributed by atoms with van der Waals surface area (Å²) in [5.41, 5.74) is 2.45. The number of halogens is 1. The third-order valence-corrected chi connectivity index (χ3v) is 3.68. The first-order valence-electron chi connectivity index (χ1n) is 6.39. The van der Waals surface area contributed by atoms with E-state index in [1.54, 1.807) is 0 Å². The Labute approximate surface area is 116 Å². The Morgan fingerprint density at radius 1 is 1.47 bits per heavy atom. The quantitative estimate of drug-likeness (QED) is 0.854. The van der Waals surface area contributed by atoms with Crippen molar-refractivity contribution in [2.45, 2.75) is 31.7 Å². The summed E-state index contributed by atoms with van der Waals surface area (Å²) in [6, 6.07) is 3.59. The van der Waals surface area contributed by atoms with E-state index in [9.17, 15) is 4.79 Å². The van der Waals surface area contributed by atoms with Crippen LogP contribution in [0.2, 0.25) is 0 Å². The number of nitrogens with zero attached hydrogens (tertiary/aromatic N) is 3. The van der Waals surface area contributed by atoms with Crippen molar-refractivity contribution in [3.8, 4) is 0 Å². The molecular weight excluding hydrogens is 264 g/mol. The number of hydrogen-bond donors (Lipinski definition) is 1. The van der Waals surface area contributed by atoms with E-state index in [1.807, 2.05) is 23.6 Å². The van der Waals surface area contributed by atoms with Crippen LogP contribution in [0.3, 0.4) is 0 Å². The van der Waals surface area contributed by atoms with Gasteiger partial charge in [-0.1, -0.05) is 0 Å². The second kappa shape index (κ2) is 4.81. The van der Waals surface area contributed by atoms with Crippen molar-refractivity contribution in [3.63, 3.8) is 0 Å². The highest BCUT2D eigenvalue weighted by molar-refractivity contribution is 6.16. The van der Waals surface area contributed by atoms with Crippen molar-refractivity contribution < 1.29 is 4.79 Å². The van der Waals surface area contributed by atoms with Crippen LogP contribution in [0, 0.1) is 6.92 Å². The lowest BCUT2D eigenvalue weighted by Gasteiger charge is -2.24. The Bertz CT molecular complexity index is 637. The van der Waals surface area contributed by atoms with Crippen LogP contribution in [0.15, 0.2) is 12.1 Å². The first-order chi connectivity index (χ1) is 9.20. The molecule has 2 aromatic rings. The van der Waals surface area contributed by atoms with Crippen molar-refractivity contribution in [2.24, 2.45) is 0 Å². The van der Waals surface area contributed by atoms with Gasteiger partial charge in [0, 0.05) is 12.2 Å². The van der Waals surface area contributed by atoms with E-state index in [2.05, 4.69) is 15.3 Å². The Hall–Kier alpha value is -1.62. The number of rotatable bonds is 2. The van der Waals surface area contributed by atoms with Gasteiger partial charge in [-0.05, 0) is 31.9 Å². The van der Waals surface area contributed by atoms with Gasteiger partial charge in [-0.25, -0.2) is 9.97 Å². The highest BCUT2D eigenvalue weighted by atomic mass is 35.5. The normalized spacial score (nSPS) is 19.7. The Morgan fingerprint density at radius 3 is 3.05 bits per heavy atom. The second-order valence-electron chi connectivity index (χ2n) is 4.78. The van der Waals surface area contributed by atoms with Crippen LogP contribution in [0.1, 0.15) is 30.4 Å². The van der Waals surface area contributed by atoms with E-state index in [4.69, 9.17) is 11.6 Å². The summed E-state index contributed by atoms with van der Waals surface area (Å²) in [5.74, 6) is 1.01. The van der Waals surface area contributed by atoms with Gasteiger partial charge in [0.05, 0.1) is 5.88 Å². The number of amides is 1. The van der Waals surface area contributed by atoms with Gasteiger partial charge in [0.1, 0.15) is 17.4 Å². The maximum atomic E-state index is 12.1. The van der Waals surface area contributed by atoms with Gasteiger partial charge < -0.3 is 5.32 Å². The Balaban J connectivity index is 2.19. The number of pyridine rings is 1. The molecule has 1 fully saturated rings. The molecule has 0 spiro atoms. The molecule has 19 heavy (non-hydrogen) atoms. The van der Waals surface area contributed by atoms with Gasteiger partial charge in [0.15, 0.2) is 5.65 Å². The molecule has 100 valence electrons. The zero-order valence-corrected chi connectivity index (χ0v) is 11.4. The predicted molar refractivity (Wildman–Crippen MR) is 73.1 cm³/mol. The average Bonchev–Trinajstić information content (AvgIpc) is 2.77. The molecule has 1 aliphatic heterocycles. The van der Waals surface area contributed by atoms with Crippen molar-refractivity contribution in [3.05, 3.63) is 23.7 Å². The number of aryl methyl sites for hydroxylation is 1. The third-order valence-electron chi connectivity index (χ3n) is 3.44. The maximum Gasteiger partial charge on any atom is 0.243 e. The number of carbonyl (C=O) groups is 1. The molecule has 2 aromatic heterocycles. The molecule has 1 atom stereocenters. The Kier molecular flexibility index (Phi) is 3.14. The van der Waals surface area contributed by atoms with E-state index in [1.165, 1.54) is 0 Å². The summed E-state index contributed by atoms with van der Waals surface area (Å²) < 4.78 is 1.89. The molecule has 3 rings (SSSR count). The van der Waals surface area contributed by atoms with Gasteiger partial charge in [0.25, 0.3) is 0 Å². The molecule has 0 radical (unpaired) electrons. The van der Waals surface area contributed by atoms with Crippen LogP contribution in [0.25, 0.3) is 11.2 Å². The molecule has 3 heterocycles. The number of nitrogens with one attached hydrogen (secondary N) is 1. The van der Waals surface area contributed by atoms with E-state index in [-0.39, 0.29) is 17.8 Å². The lowest BCUT2D eigenvalue weighted by Crippen LogP contribution is -2.38.